The van der Waals surface area contributed by atoms with Crippen molar-refractivity contribution in [3.05, 3.63) is 5.82 Å². The molecular formula is C13H19N3O2S. The molecule has 0 bridgehead atoms. The molecule has 0 spiro atoms. The van der Waals surface area contributed by atoms with E-state index in [4.69, 9.17) is 5.11 Å². The summed E-state index contributed by atoms with van der Waals surface area (Å²) in [6.07, 6.45) is 6.07. The fraction of sp³-hybridized carbons (Fsp3) is 0.769. The van der Waals surface area contributed by atoms with Gasteiger partial charge in [0.1, 0.15) is 5.82 Å². The lowest BCUT2D eigenvalue weighted by molar-refractivity contribution is -0.133. The van der Waals surface area contributed by atoms with Crippen molar-refractivity contribution in [3.8, 4) is 0 Å². The van der Waals surface area contributed by atoms with Crippen molar-refractivity contribution in [3.63, 3.8) is 0 Å². The average Bonchev–Trinajstić information content (AvgIpc) is 2.98. The summed E-state index contributed by atoms with van der Waals surface area (Å²) in [5, 5.41) is 18.2. The van der Waals surface area contributed by atoms with E-state index in [1.807, 2.05) is 0 Å². The zero-order valence-electron chi connectivity index (χ0n) is 11.1. The molecule has 2 fully saturated rings. The lowest BCUT2D eigenvalue weighted by atomic mass is 9.97. The second kappa shape index (κ2) is 5.15. The molecule has 2 atom stereocenters. The topological polar surface area (TPSA) is 68.0 Å². The van der Waals surface area contributed by atoms with Crippen molar-refractivity contribution in [2.45, 2.75) is 56.1 Å². The lowest BCUT2D eigenvalue weighted by Crippen LogP contribution is -2.11. The average molecular weight is 281 g/mol. The largest absolute Gasteiger partial charge is 0.481 e. The first kappa shape index (κ1) is 13.0. The molecule has 3 rings (SSSR count). The van der Waals surface area contributed by atoms with Crippen molar-refractivity contribution in [2.24, 2.45) is 5.92 Å². The minimum absolute atomic E-state index is 0.0606. The van der Waals surface area contributed by atoms with Crippen LogP contribution in [0.4, 0.5) is 0 Å². The predicted molar refractivity (Wildman–Crippen MR) is 72.4 cm³/mol. The minimum Gasteiger partial charge on any atom is -0.481 e. The summed E-state index contributed by atoms with van der Waals surface area (Å²) >= 11 is 1.29. The Bertz CT molecular complexity index is 484. The van der Waals surface area contributed by atoms with E-state index >= 15 is 0 Å². The Hall–Kier alpha value is -1.04. The molecule has 1 aromatic heterocycles. The Morgan fingerprint density at radius 2 is 2.16 bits per heavy atom. The van der Waals surface area contributed by atoms with Crippen LogP contribution in [0.1, 0.15) is 56.8 Å². The maximum atomic E-state index is 10.7. The van der Waals surface area contributed by atoms with Gasteiger partial charge in [-0.15, -0.1) is 10.2 Å². The molecule has 0 amide bonds. The number of nitrogens with zero attached hydrogens (tertiary/aromatic N) is 3. The normalized spacial score (nSPS) is 26.8. The fourth-order valence-corrected chi connectivity index (χ4v) is 3.70. The molecule has 0 aromatic carbocycles. The molecule has 1 N–H and O–H groups in total. The smallest absolute Gasteiger partial charge is 0.313 e. The maximum absolute atomic E-state index is 10.7. The molecule has 2 aliphatic carbocycles. The third kappa shape index (κ3) is 2.63. The zero-order valence-corrected chi connectivity index (χ0v) is 11.9. The quantitative estimate of drug-likeness (QED) is 0.840. The standard InChI is InChI=1S/C13H19N3O2S/c1-8-3-2-4-10(8)12-14-15-13(19-7-11(17)18)16(12)9-5-6-9/h8-10H,2-7H2,1H3,(H,17,18). The van der Waals surface area contributed by atoms with Crippen LogP contribution in [-0.4, -0.2) is 31.6 Å². The summed E-state index contributed by atoms with van der Waals surface area (Å²) in [5.74, 6) is 1.53. The van der Waals surface area contributed by atoms with Crippen LogP contribution in [0.5, 0.6) is 0 Å². The van der Waals surface area contributed by atoms with Crippen molar-refractivity contribution in [1.29, 1.82) is 0 Å². The van der Waals surface area contributed by atoms with Gasteiger partial charge in [-0.25, -0.2) is 0 Å². The van der Waals surface area contributed by atoms with E-state index in [2.05, 4.69) is 21.7 Å². The van der Waals surface area contributed by atoms with Gasteiger partial charge in [0.05, 0.1) is 5.75 Å². The van der Waals surface area contributed by atoms with E-state index < -0.39 is 5.97 Å². The summed E-state index contributed by atoms with van der Waals surface area (Å²) in [6.45, 7) is 2.29. The minimum atomic E-state index is -0.800. The second-order valence-corrected chi connectivity index (χ2v) is 6.58. The summed E-state index contributed by atoms with van der Waals surface area (Å²) in [7, 11) is 0. The number of rotatable bonds is 5. The Labute approximate surface area is 116 Å². The van der Waals surface area contributed by atoms with Crippen LogP contribution in [0.25, 0.3) is 0 Å². The van der Waals surface area contributed by atoms with E-state index in [1.54, 1.807) is 0 Å². The van der Waals surface area contributed by atoms with Crippen LogP contribution in [0.3, 0.4) is 0 Å². The summed E-state index contributed by atoms with van der Waals surface area (Å²) in [6, 6.07) is 0.508. The number of carbonyl (C=O) groups is 1. The molecule has 0 aliphatic heterocycles. The maximum Gasteiger partial charge on any atom is 0.313 e. The van der Waals surface area contributed by atoms with Gasteiger partial charge in [-0.3, -0.25) is 4.79 Å². The third-order valence-corrected chi connectivity index (χ3v) is 5.05. The van der Waals surface area contributed by atoms with E-state index in [0.29, 0.717) is 17.9 Å². The van der Waals surface area contributed by atoms with Gasteiger partial charge in [0, 0.05) is 12.0 Å². The molecule has 2 saturated carbocycles. The molecule has 1 heterocycles. The second-order valence-electron chi connectivity index (χ2n) is 5.64. The molecule has 19 heavy (non-hydrogen) atoms. The highest BCUT2D eigenvalue weighted by Crippen LogP contribution is 2.44. The number of aliphatic carboxylic acids is 1. The molecule has 5 nitrogen and oxygen atoms in total. The molecular weight excluding hydrogens is 262 g/mol. The highest BCUT2D eigenvalue weighted by molar-refractivity contribution is 7.99. The Balaban J connectivity index is 1.85. The zero-order chi connectivity index (χ0) is 13.4. The van der Waals surface area contributed by atoms with Gasteiger partial charge in [-0.2, -0.15) is 0 Å². The fourth-order valence-electron chi connectivity index (χ4n) is 2.97. The van der Waals surface area contributed by atoms with Crippen LogP contribution in [0.15, 0.2) is 5.16 Å². The highest BCUT2D eigenvalue weighted by Gasteiger charge is 2.35. The number of carboxylic acid groups (broad SMARTS) is 1. The van der Waals surface area contributed by atoms with Crippen molar-refractivity contribution >= 4 is 17.7 Å². The molecule has 104 valence electrons. The lowest BCUT2D eigenvalue weighted by Gasteiger charge is -2.16. The Morgan fingerprint density at radius 1 is 1.37 bits per heavy atom. The molecule has 2 aliphatic rings. The summed E-state index contributed by atoms with van der Waals surface area (Å²) in [5.41, 5.74) is 0. The summed E-state index contributed by atoms with van der Waals surface area (Å²) in [4.78, 5) is 10.7. The first-order valence-electron chi connectivity index (χ1n) is 6.96. The first-order valence-corrected chi connectivity index (χ1v) is 7.94. The number of aromatic nitrogens is 3. The highest BCUT2D eigenvalue weighted by atomic mass is 32.2. The van der Waals surface area contributed by atoms with Gasteiger partial charge in [0.2, 0.25) is 0 Å². The number of thioether (sulfide) groups is 1. The number of carboxylic acids is 1. The van der Waals surface area contributed by atoms with Gasteiger partial charge < -0.3 is 9.67 Å². The van der Waals surface area contributed by atoms with E-state index in [-0.39, 0.29) is 5.75 Å². The van der Waals surface area contributed by atoms with Gasteiger partial charge in [0.15, 0.2) is 5.16 Å². The van der Waals surface area contributed by atoms with Gasteiger partial charge in [0.25, 0.3) is 0 Å². The van der Waals surface area contributed by atoms with Crippen LogP contribution < -0.4 is 0 Å². The SMILES string of the molecule is CC1CCCC1c1nnc(SCC(=O)O)n1C1CC1. The van der Waals surface area contributed by atoms with Gasteiger partial charge in [-0.05, 0) is 31.6 Å². The number of hydrogen-bond acceptors (Lipinski definition) is 4. The number of hydrogen-bond donors (Lipinski definition) is 1. The monoisotopic (exact) mass is 281 g/mol. The van der Waals surface area contributed by atoms with E-state index in [0.717, 1.165) is 11.0 Å². The molecule has 0 saturated heterocycles. The van der Waals surface area contributed by atoms with E-state index in [9.17, 15) is 4.79 Å². The predicted octanol–water partition coefficient (Wildman–Crippen LogP) is 2.69. The Morgan fingerprint density at radius 3 is 2.74 bits per heavy atom. The molecule has 0 radical (unpaired) electrons. The van der Waals surface area contributed by atoms with Crippen molar-refractivity contribution < 1.29 is 9.90 Å². The van der Waals surface area contributed by atoms with E-state index in [1.165, 1.54) is 43.9 Å². The van der Waals surface area contributed by atoms with Gasteiger partial charge in [-0.1, -0.05) is 25.1 Å². The van der Waals surface area contributed by atoms with Gasteiger partial charge >= 0.3 is 5.97 Å². The first-order chi connectivity index (χ1) is 9.16. The third-order valence-electron chi connectivity index (χ3n) is 4.12. The van der Waals surface area contributed by atoms with Crippen LogP contribution in [0, 0.1) is 5.92 Å². The molecule has 6 heteroatoms. The Kier molecular flexibility index (Phi) is 3.52. The van der Waals surface area contributed by atoms with Crippen LogP contribution in [-0.2, 0) is 4.79 Å². The molecule has 1 aromatic rings. The van der Waals surface area contributed by atoms with Crippen molar-refractivity contribution in [1.82, 2.24) is 14.8 Å². The molecule has 2 unspecified atom stereocenters. The summed E-state index contributed by atoms with van der Waals surface area (Å²) < 4.78 is 2.22. The van der Waals surface area contributed by atoms with Crippen LogP contribution in [0.2, 0.25) is 0 Å². The van der Waals surface area contributed by atoms with Crippen molar-refractivity contribution in [2.75, 3.05) is 5.75 Å². The van der Waals surface area contributed by atoms with Crippen LogP contribution >= 0.6 is 11.8 Å².